The van der Waals surface area contributed by atoms with Crippen LogP contribution in [-0.2, 0) is 19.2 Å². The second-order valence-corrected chi connectivity index (χ2v) is 8.02. The summed E-state index contributed by atoms with van der Waals surface area (Å²) in [6.07, 6.45) is 1.00. The molecule has 0 spiro atoms. The average molecular weight is 344 g/mol. The summed E-state index contributed by atoms with van der Waals surface area (Å²) in [5.41, 5.74) is 0. The fourth-order valence-corrected chi connectivity index (χ4v) is 4.58. The Hall–Kier alpha value is -1.77. The molecule has 1 unspecified atom stereocenters. The van der Waals surface area contributed by atoms with Gasteiger partial charge in [-0.05, 0) is 26.7 Å². The fourth-order valence-electron chi connectivity index (χ4n) is 2.95. The number of aliphatic carboxylic acids is 2. The second kappa shape index (κ2) is 6.38. The number of nitrogens with zero attached hydrogens (tertiary/aromatic N) is 1. The highest BCUT2D eigenvalue weighted by molar-refractivity contribution is 8.01. The molecule has 2 rings (SSSR count). The zero-order valence-corrected chi connectivity index (χ0v) is 13.8. The molecule has 9 heteroatoms. The third kappa shape index (κ3) is 3.44. The average Bonchev–Trinajstić information content (AvgIpc) is 2.69. The van der Waals surface area contributed by atoms with Gasteiger partial charge in [-0.15, -0.1) is 11.8 Å². The Labute approximate surface area is 137 Å². The minimum Gasteiger partial charge on any atom is -0.481 e. The minimum atomic E-state index is -1.04. The van der Waals surface area contributed by atoms with E-state index in [0.717, 1.165) is 0 Å². The van der Waals surface area contributed by atoms with Gasteiger partial charge in [-0.2, -0.15) is 0 Å². The minimum absolute atomic E-state index is 0.0103. The molecule has 3 N–H and O–H groups in total. The summed E-state index contributed by atoms with van der Waals surface area (Å²) in [5, 5.41) is 20.1. The topological polar surface area (TPSA) is 124 Å². The maximum absolute atomic E-state index is 12.2. The van der Waals surface area contributed by atoms with Crippen molar-refractivity contribution < 1.29 is 29.4 Å². The number of β-lactam (4-membered cyclic amide) rings is 1. The van der Waals surface area contributed by atoms with Crippen molar-refractivity contribution >= 4 is 35.5 Å². The number of carboxylic acids is 2. The molecular weight excluding hydrogens is 324 g/mol. The van der Waals surface area contributed by atoms with Gasteiger partial charge in [-0.1, -0.05) is 0 Å². The molecule has 2 fully saturated rings. The molecular formula is C14H20N2O6S. The van der Waals surface area contributed by atoms with Crippen molar-refractivity contribution in [1.82, 2.24) is 10.2 Å². The fraction of sp³-hybridized carbons (Fsp3) is 0.714. The molecule has 0 aliphatic carbocycles. The molecule has 2 amide bonds. The molecule has 2 aliphatic rings. The molecule has 3 atom stereocenters. The van der Waals surface area contributed by atoms with Gasteiger partial charge in [-0.3, -0.25) is 14.4 Å². The van der Waals surface area contributed by atoms with Crippen LogP contribution < -0.4 is 5.32 Å². The van der Waals surface area contributed by atoms with E-state index in [1.54, 1.807) is 13.8 Å². The number of hydrogen-bond acceptors (Lipinski definition) is 5. The molecule has 0 aromatic rings. The molecule has 8 nitrogen and oxygen atoms in total. The van der Waals surface area contributed by atoms with E-state index in [1.165, 1.54) is 16.7 Å². The number of fused-ring (bicyclic) bond motifs is 1. The number of carbonyl (C=O) groups excluding carboxylic acids is 2. The Kier molecular flexibility index (Phi) is 4.88. The maximum Gasteiger partial charge on any atom is 0.327 e. The lowest BCUT2D eigenvalue weighted by molar-refractivity contribution is -0.161. The highest BCUT2D eigenvalue weighted by Gasteiger charge is 2.64. The number of amides is 2. The molecule has 128 valence electrons. The molecule has 0 bridgehead atoms. The lowest BCUT2D eigenvalue weighted by Crippen LogP contribution is -2.70. The summed E-state index contributed by atoms with van der Waals surface area (Å²) in [6, 6.07) is -1.59. The molecule has 0 aromatic carbocycles. The highest BCUT2D eigenvalue weighted by Crippen LogP contribution is 2.50. The van der Waals surface area contributed by atoms with E-state index in [9.17, 15) is 24.3 Å². The number of unbranched alkanes of at least 4 members (excludes halogenated alkanes) is 1. The Balaban J connectivity index is 1.87. The molecule has 2 aliphatic heterocycles. The van der Waals surface area contributed by atoms with Gasteiger partial charge in [0.15, 0.2) is 0 Å². The summed E-state index contributed by atoms with van der Waals surface area (Å²) >= 11 is 1.37. The smallest absolute Gasteiger partial charge is 0.327 e. The first-order chi connectivity index (χ1) is 10.6. The summed E-state index contributed by atoms with van der Waals surface area (Å²) in [7, 11) is 0. The monoisotopic (exact) mass is 344 g/mol. The third-order valence-corrected chi connectivity index (χ3v) is 5.61. The first-order valence-corrected chi connectivity index (χ1v) is 8.27. The first-order valence-electron chi connectivity index (χ1n) is 7.39. The van der Waals surface area contributed by atoms with Crippen molar-refractivity contribution in [2.24, 2.45) is 0 Å². The SMILES string of the molecule is CC1(C)S[C@@H]2[C@H](NC(=O)CCCCC(=O)O)C(=O)N2C1C(=O)O. The van der Waals surface area contributed by atoms with Gasteiger partial charge in [-0.25, -0.2) is 4.79 Å². The van der Waals surface area contributed by atoms with E-state index >= 15 is 0 Å². The van der Waals surface area contributed by atoms with Gasteiger partial charge >= 0.3 is 11.9 Å². The predicted octanol–water partition coefficient (Wildman–Crippen LogP) is 0.263. The Morgan fingerprint density at radius 2 is 1.83 bits per heavy atom. The molecule has 23 heavy (non-hydrogen) atoms. The van der Waals surface area contributed by atoms with E-state index in [-0.39, 0.29) is 30.0 Å². The normalized spacial score (nSPS) is 28.0. The van der Waals surface area contributed by atoms with Crippen LogP contribution in [0.5, 0.6) is 0 Å². The molecule has 2 saturated heterocycles. The summed E-state index contributed by atoms with van der Waals surface area (Å²) < 4.78 is -0.618. The van der Waals surface area contributed by atoms with Gasteiger partial charge in [0.2, 0.25) is 11.8 Å². The van der Waals surface area contributed by atoms with Crippen LogP contribution in [0.4, 0.5) is 0 Å². The quantitative estimate of drug-likeness (QED) is 0.447. The maximum atomic E-state index is 12.2. The zero-order chi connectivity index (χ0) is 17.4. The first kappa shape index (κ1) is 17.6. The lowest BCUT2D eigenvalue weighted by Gasteiger charge is -2.43. The summed E-state index contributed by atoms with van der Waals surface area (Å²) in [6.45, 7) is 3.54. The number of carboxylic acid groups (broad SMARTS) is 2. The zero-order valence-electron chi connectivity index (χ0n) is 12.9. The van der Waals surface area contributed by atoms with Crippen LogP contribution in [0.15, 0.2) is 0 Å². The molecule has 0 aromatic heterocycles. The number of thioether (sulfide) groups is 1. The van der Waals surface area contributed by atoms with E-state index in [1.807, 2.05) is 0 Å². The molecule has 0 saturated carbocycles. The van der Waals surface area contributed by atoms with Crippen molar-refractivity contribution in [2.45, 2.75) is 61.7 Å². The highest BCUT2D eigenvalue weighted by atomic mass is 32.2. The third-order valence-electron chi connectivity index (χ3n) is 4.04. The van der Waals surface area contributed by atoms with Crippen LogP contribution in [0.1, 0.15) is 39.5 Å². The second-order valence-electron chi connectivity index (χ2n) is 6.24. The predicted molar refractivity (Wildman–Crippen MR) is 81.8 cm³/mol. The van der Waals surface area contributed by atoms with Gasteiger partial charge < -0.3 is 20.4 Å². The van der Waals surface area contributed by atoms with E-state index < -0.39 is 28.8 Å². The largest absolute Gasteiger partial charge is 0.481 e. The number of rotatable bonds is 7. The van der Waals surface area contributed by atoms with Crippen LogP contribution in [0.3, 0.4) is 0 Å². The lowest BCUT2D eigenvalue weighted by atomic mass is 9.96. The van der Waals surface area contributed by atoms with Crippen LogP contribution in [0, 0.1) is 0 Å². The van der Waals surface area contributed by atoms with Crippen LogP contribution in [-0.4, -0.2) is 61.1 Å². The number of hydrogen-bond donors (Lipinski definition) is 3. The van der Waals surface area contributed by atoms with Crippen molar-refractivity contribution in [3.05, 3.63) is 0 Å². The van der Waals surface area contributed by atoms with Gasteiger partial charge in [0.1, 0.15) is 17.5 Å². The number of carbonyl (C=O) groups is 4. The van der Waals surface area contributed by atoms with E-state index in [0.29, 0.717) is 12.8 Å². The summed E-state index contributed by atoms with van der Waals surface area (Å²) in [5.74, 6) is -2.64. The Bertz CT molecular complexity index is 549. The van der Waals surface area contributed by atoms with Crippen molar-refractivity contribution in [1.29, 1.82) is 0 Å². The standard InChI is InChI=1S/C14H20N2O6S/c1-14(2)10(13(21)22)16-11(20)9(12(16)23-14)15-7(17)5-3-4-6-8(18)19/h9-10,12H,3-6H2,1-2H3,(H,15,17)(H,18,19)(H,21,22)/t9-,10?,12-/m1/s1. The van der Waals surface area contributed by atoms with Crippen molar-refractivity contribution in [2.75, 3.05) is 0 Å². The Morgan fingerprint density at radius 3 is 2.39 bits per heavy atom. The molecule has 2 heterocycles. The Morgan fingerprint density at radius 1 is 1.22 bits per heavy atom. The van der Waals surface area contributed by atoms with Gasteiger partial charge in [0.05, 0.1) is 0 Å². The van der Waals surface area contributed by atoms with E-state index in [4.69, 9.17) is 5.11 Å². The van der Waals surface area contributed by atoms with Crippen molar-refractivity contribution in [3.63, 3.8) is 0 Å². The van der Waals surface area contributed by atoms with Crippen molar-refractivity contribution in [3.8, 4) is 0 Å². The van der Waals surface area contributed by atoms with Gasteiger partial charge in [0, 0.05) is 17.6 Å². The summed E-state index contributed by atoms with van der Waals surface area (Å²) in [4.78, 5) is 47.1. The molecule has 0 radical (unpaired) electrons. The van der Waals surface area contributed by atoms with E-state index in [2.05, 4.69) is 5.32 Å². The van der Waals surface area contributed by atoms with Gasteiger partial charge in [0.25, 0.3) is 0 Å². The van der Waals surface area contributed by atoms with Crippen LogP contribution >= 0.6 is 11.8 Å². The van der Waals surface area contributed by atoms with Crippen LogP contribution in [0.25, 0.3) is 0 Å². The number of nitrogens with one attached hydrogen (secondary N) is 1. The van der Waals surface area contributed by atoms with Crippen LogP contribution in [0.2, 0.25) is 0 Å².